The Labute approximate surface area is 188 Å². The first kappa shape index (κ1) is 20.4. The Morgan fingerprint density at radius 3 is 1.72 bits per heavy atom. The largest absolute Gasteiger partial charge is 0.316 e. The molecule has 4 aliphatic rings. The van der Waals surface area contributed by atoms with E-state index < -0.39 is 0 Å². The molecular weight excluding hydrogens is 402 g/mol. The Hall–Kier alpha value is -2.22. The predicted molar refractivity (Wildman–Crippen MR) is 124 cm³/mol. The van der Waals surface area contributed by atoms with E-state index in [9.17, 15) is 9.59 Å². The standard InChI is InChI=1S/C25H33N5O2/c1-28(12-16-4-22-20-2-18(8-26-10-20)14-29(22)24(31)6-16)13-17-5-23-21-3-19(9-27-11-21)15-30(23)25(32)7-17/h4-7,18-21,26-27H,2-3,8-15H2,1H3/t18-,19+,20+,21?/m1/s1. The number of pyridine rings is 2. The first-order valence-electron chi connectivity index (χ1n) is 12.1. The highest BCUT2D eigenvalue weighted by Gasteiger charge is 2.32. The van der Waals surface area contributed by atoms with Crippen LogP contribution in [0.4, 0.5) is 0 Å². The molecule has 2 N–H and O–H groups in total. The molecule has 32 heavy (non-hydrogen) atoms. The molecule has 1 unspecified atom stereocenters. The van der Waals surface area contributed by atoms with E-state index in [2.05, 4.69) is 34.7 Å². The van der Waals surface area contributed by atoms with Crippen molar-refractivity contribution in [2.24, 2.45) is 11.8 Å². The van der Waals surface area contributed by atoms with E-state index in [1.807, 2.05) is 21.3 Å². The van der Waals surface area contributed by atoms with Crippen LogP contribution in [0, 0.1) is 11.8 Å². The minimum atomic E-state index is 0.133. The van der Waals surface area contributed by atoms with Crippen molar-refractivity contribution in [1.82, 2.24) is 24.7 Å². The Morgan fingerprint density at radius 1 is 0.781 bits per heavy atom. The molecule has 6 rings (SSSR count). The van der Waals surface area contributed by atoms with Crippen molar-refractivity contribution in [3.8, 4) is 0 Å². The van der Waals surface area contributed by atoms with Gasteiger partial charge in [0.25, 0.3) is 11.1 Å². The third-order valence-electron chi connectivity index (χ3n) is 7.95. The highest BCUT2D eigenvalue weighted by atomic mass is 16.1. The summed E-state index contributed by atoms with van der Waals surface area (Å²) in [5.41, 5.74) is 4.79. The third-order valence-corrected chi connectivity index (χ3v) is 7.95. The van der Waals surface area contributed by atoms with Gasteiger partial charge in [0.15, 0.2) is 0 Å². The Bertz CT molecular complexity index is 1060. The van der Waals surface area contributed by atoms with E-state index in [1.165, 1.54) is 24.2 Å². The summed E-state index contributed by atoms with van der Waals surface area (Å²) in [4.78, 5) is 27.9. The van der Waals surface area contributed by atoms with Crippen LogP contribution in [0.15, 0.2) is 33.9 Å². The van der Waals surface area contributed by atoms with Gasteiger partial charge < -0.3 is 19.8 Å². The van der Waals surface area contributed by atoms with E-state index in [4.69, 9.17) is 0 Å². The lowest BCUT2D eigenvalue weighted by atomic mass is 9.83. The quantitative estimate of drug-likeness (QED) is 0.752. The molecule has 0 aliphatic carbocycles. The number of nitrogens with zero attached hydrogens (tertiary/aromatic N) is 3. The molecule has 170 valence electrons. The van der Waals surface area contributed by atoms with E-state index in [0.717, 1.165) is 50.4 Å². The summed E-state index contributed by atoms with van der Waals surface area (Å²) in [6.45, 7) is 7.05. The molecule has 2 aromatic heterocycles. The molecule has 4 aliphatic heterocycles. The molecular formula is C25H33N5O2. The second kappa shape index (κ2) is 7.97. The fourth-order valence-electron chi connectivity index (χ4n) is 6.58. The average molecular weight is 436 g/mol. The molecule has 2 aromatic rings. The van der Waals surface area contributed by atoms with Crippen LogP contribution in [0.5, 0.6) is 0 Å². The molecule has 7 nitrogen and oxygen atoms in total. The van der Waals surface area contributed by atoms with E-state index in [0.29, 0.717) is 36.8 Å². The molecule has 4 bridgehead atoms. The van der Waals surface area contributed by atoms with Gasteiger partial charge in [0, 0.05) is 74.6 Å². The molecule has 0 amide bonds. The molecule has 2 saturated heterocycles. The Balaban J connectivity index is 1.22. The summed E-state index contributed by atoms with van der Waals surface area (Å²) in [6.07, 6.45) is 2.36. The van der Waals surface area contributed by atoms with E-state index in [-0.39, 0.29) is 11.1 Å². The predicted octanol–water partition coefficient (Wildman–Crippen LogP) is 1.06. The van der Waals surface area contributed by atoms with Crippen LogP contribution in [-0.4, -0.2) is 47.3 Å². The van der Waals surface area contributed by atoms with Gasteiger partial charge in [0.05, 0.1) is 0 Å². The second-order valence-corrected chi connectivity index (χ2v) is 10.6. The van der Waals surface area contributed by atoms with Crippen LogP contribution in [0.25, 0.3) is 0 Å². The maximum absolute atomic E-state index is 12.8. The van der Waals surface area contributed by atoms with Gasteiger partial charge in [-0.05, 0) is 68.1 Å². The van der Waals surface area contributed by atoms with Crippen LogP contribution in [-0.2, 0) is 26.2 Å². The fraction of sp³-hybridized carbons (Fsp3) is 0.600. The number of nitrogens with one attached hydrogen (secondary N) is 2. The molecule has 0 spiro atoms. The monoisotopic (exact) mass is 435 g/mol. The minimum absolute atomic E-state index is 0.133. The maximum Gasteiger partial charge on any atom is 0.251 e. The Morgan fingerprint density at radius 2 is 1.25 bits per heavy atom. The van der Waals surface area contributed by atoms with Gasteiger partial charge in [-0.2, -0.15) is 0 Å². The molecule has 4 atom stereocenters. The maximum atomic E-state index is 12.8. The topological polar surface area (TPSA) is 71.3 Å². The van der Waals surface area contributed by atoms with Crippen LogP contribution < -0.4 is 21.8 Å². The Kier molecular flexibility index (Phi) is 5.08. The van der Waals surface area contributed by atoms with Gasteiger partial charge >= 0.3 is 0 Å². The van der Waals surface area contributed by atoms with Gasteiger partial charge in [0.2, 0.25) is 0 Å². The molecule has 0 radical (unpaired) electrons. The zero-order valence-electron chi connectivity index (χ0n) is 18.8. The lowest BCUT2D eigenvalue weighted by molar-refractivity contribution is 0.254. The lowest BCUT2D eigenvalue weighted by Crippen LogP contribution is -2.45. The summed E-state index contributed by atoms with van der Waals surface area (Å²) in [7, 11) is 2.07. The number of piperidine rings is 2. The molecule has 0 saturated carbocycles. The van der Waals surface area contributed by atoms with Gasteiger partial charge in [-0.1, -0.05) is 0 Å². The van der Waals surface area contributed by atoms with Gasteiger partial charge in [-0.3, -0.25) is 14.5 Å². The number of fused-ring (bicyclic) bond motifs is 8. The summed E-state index contributed by atoms with van der Waals surface area (Å²) in [6, 6.07) is 8.09. The third kappa shape index (κ3) is 3.66. The summed E-state index contributed by atoms with van der Waals surface area (Å²) < 4.78 is 4.00. The van der Waals surface area contributed by atoms with Crippen molar-refractivity contribution in [1.29, 1.82) is 0 Å². The van der Waals surface area contributed by atoms with Crippen LogP contribution in [0.2, 0.25) is 0 Å². The van der Waals surface area contributed by atoms with Crippen molar-refractivity contribution in [2.75, 3.05) is 33.2 Å². The summed E-state index contributed by atoms with van der Waals surface area (Å²) in [5.74, 6) is 2.03. The minimum Gasteiger partial charge on any atom is -0.316 e. The van der Waals surface area contributed by atoms with Crippen molar-refractivity contribution >= 4 is 0 Å². The number of rotatable bonds is 4. The molecule has 2 fully saturated rings. The zero-order chi connectivity index (χ0) is 21.8. The second-order valence-electron chi connectivity index (χ2n) is 10.6. The lowest BCUT2D eigenvalue weighted by Gasteiger charge is -2.38. The van der Waals surface area contributed by atoms with Gasteiger partial charge in [-0.25, -0.2) is 0 Å². The van der Waals surface area contributed by atoms with Crippen molar-refractivity contribution < 1.29 is 0 Å². The fourth-order valence-corrected chi connectivity index (χ4v) is 6.58. The van der Waals surface area contributed by atoms with Crippen molar-refractivity contribution in [3.05, 3.63) is 67.5 Å². The summed E-state index contributed by atoms with van der Waals surface area (Å²) in [5, 5.41) is 7.05. The van der Waals surface area contributed by atoms with Crippen molar-refractivity contribution in [2.45, 2.75) is 50.9 Å². The van der Waals surface area contributed by atoms with Gasteiger partial charge in [0.1, 0.15) is 0 Å². The molecule has 6 heterocycles. The number of hydrogen-bond acceptors (Lipinski definition) is 5. The number of aromatic nitrogens is 2. The zero-order valence-corrected chi connectivity index (χ0v) is 18.8. The van der Waals surface area contributed by atoms with Crippen molar-refractivity contribution in [3.63, 3.8) is 0 Å². The SMILES string of the molecule is CN(Cc1cc2n(c(=O)c1)C[C@@H]1CNCC2C1)Cc1cc2n(c(=O)c1)C[C@H]1CNC[C@@H]2C1. The van der Waals surface area contributed by atoms with Gasteiger partial charge in [-0.15, -0.1) is 0 Å². The highest BCUT2D eigenvalue weighted by molar-refractivity contribution is 5.26. The highest BCUT2D eigenvalue weighted by Crippen LogP contribution is 2.33. The van der Waals surface area contributed by atoms with Crippen LogP contribution in [0.1, 0.15) is 47.2 Å². The average Bonchev–Trinajstić information content (AvgIpc) is 2.76. The summed E-state index contributed by atoms with van der Waals surface area (Å²) >= 11 is 0. The first-order valence-corrected chi connectivity index (χ1v) is 12.1. The number of hydrogen-bond donors (Lipinski definition) is 2. The van der Waals surface area contributed by atoms with E-state index >= 15 is 0 Å². The van der Waals surface area contributed by atoms with Crippen LogP contribution >= 0.6 is 0 Å². The van der Waals surface area contributed by atoms with E-state index in [1.54, 1.807) is 0 Å². The smallest absolute Gasteiger partial charge is 0.251 e. The molecule has 0 aromatic carbocycles. The first-order chi connectivity index (χ1) is 15.5. The molecule has 7 heteroatoms. The van der Waals surface area contributed by atoms with Crippen LogP contribution in [0.3, 0.4) is 0 Å². The normalized spacial score (nSPS) is 28.3.